The minimum atomic E-state index is -0.479. The summed E-state index contributed by atoms with van der Waals surface area (Å²) in [5.74, 6) is 0.977. The fourth-order valence-electron chi connectivity index (χ4n) is 1.86. The first-order chi connectivity index (χ1) is 12.0. The summed E-state index contributed by atoms with van der Waals surface area (Å²) in [5.41, 5.74) is 5.04. The van der Waals surface area contributed by atoms with Gasteiger partial charge in [0.15, 0.2) is 6.61 Å². The second-order valence-corrected chi connectivity index (χ2v) is 5.98. The SMILES string of the molecule is COc1ccc(OCC(=O)NNC(=O)c2ccc(OC)c(I)c2)cc1. The van der Waals surface area contributed by atoms with Gasteiger partial charge in [-0.15, -0.1) is 0 Å². The fourth-order valence-corrected chi connectivity index (χ4v) is 2.60. The van der Waals surface area contributed by atoms with E-state index in [2.05, 4.69) is 33.4 Å². The Hall–Kier alpha value is -2.49. The smallest absolute Gasteiger partial charge is 0.276 e. The van der Waals surface area contributed by atoms with Gasteiger partial charge in [0.25, 0.3) is 11.8 Å². The number of carbonyl (C=O) groups is 2. The predicted octanol–water partition coefficient (Wildman–Crippen LogP) is 2.15. The van der Waals surface area contributed by atoms with E-state index in [1.54, 1.807) is 56.7 Å². The number of methoxy groups -OCH3 is 2. The molecule has 2 rings (SSSR count). The number of rotatable bonds is 6. The van der Waals surface area contributed by atoms with E-state index in [9.17, 15) is 9.59 Å². The van der Waals surface area contributed by atoms with Crippen molar-refractivity contribution >= 4 is 34.4 Å². The standard InChI is InChI=1S/C17H17IN2O5/c1-23-12-4-6-13(7-5-12)25-10-16(21)19-20-17(22)11-3-8-15(24-2)14(18)9-11/h3-9H,10H2,1-2H3,(H,19,21)(H,20,22). The van der Waals surface area contributed by atoms with Crippen molar-refractivity contribution < 1.29 is 23.8 Å². The fraction of sp³-hybridized carbons (Fsp3) is 0.176. The average molecular weight is 456 g/mol. The molecule has 132 valence electrons. The van der Waals surface area contributed by atoms with Crippen LogP contribution in [0.2, 0.25) is 0 Å². The molecule has 2 amide bonds. The number of nitrogens with one attached hydrogen (secondary N) is 2. The molecule has 0 atom stereocenters. The first kappa shape index (κ1) is 18.8. The maximum Gasteiger partial charge on any atom is 0.276 e. The Morgan fingerprint density at radius 2 is 1.64 bits per heavy atom. The van der Waals surface area contributed by atoms with E-state index in [-0.39, 0.29) is 6.61 Å². The Balaban J connectivity index is 1.80. The molecule has 0 saturated heterocycles. The molecule has 0 saturated carbocycles. The molecule has 0 unspecified atom stereocenters. The highest BCUT2D eigenvalue weighted by molar-refractivity contribution is 14.1. The Morgan fingerprint density at radius 3 is 2.24 bits per heavy atom. The molecule has 2 aromatic carbocycles. The van der Waals surface area contributed by atoms with Crippen LogP contribution < -0.4 is 25.1 Å². The second kappa shape index (κ2) is 9.11. The molecule has 8 heteroatoms. The lowest BCUT2D eigenvalue weighted by molar-refractivity contribution is -0.123. The third-order valence-corrected chi connectivity index (χ3v) is 4.00. The van der Waals surface area contributed by atoms with Gasteiger partial charge in [0.2, 0.25) is 0 Å². The van der Waals surface area contributed by atoms with E-state index >= 15 is 0 Å². The zero-order valence-electron chi connectivity index (χ0n) is 13.7. The molecule has 0 bridgehead atoms. The van der Waals surface area contributed by atoms with Crippen molar-refractivity contribution in [2.75, 3.05) is 20.8 Å². The number of hydrogen-bond acceptors (Lipinski definition) is 5. The summed E-state index contributed by atoms with van der Waals surface area (Å²) in [7, 11) is 3.12. The van der Waals surface area contributed by atoms with Crippen molar-refractivity contribution in [2.45, 2.75) is 0 Å². The van der Waals surface area contributed by atoms with Crippen LogP contribution in [0.1, 0.15) is 10.4 Å². The van der Waals surface area contributed by atoms with Crippen LogP contribution in [0.5, 0.6) is 17.2 Å². The van der Waals surface area contributed by atoms with Crippen LogP contribution in [0.25, 0.3) is 0 Å². The highest BCUT2D eigenvalue weighted by Crippen LogP contribution is 2.21. The third kappa shape index (κ3) is 5.52. The van der Waals surface area contributed by atoms with Gasteiger partial charge in [-0.2, -0.15) is 0 Å². The van der Waals surface area contributed by atoms with Gasteiger partial charge in [-0.1, -0.05) is 0 Å². The number of hydrogen-bond donors (Lipinski definition) is 2. The molecule has 2 N–H and O–H groups in total. The normalized spacial score (nSPS) is 9.88. The quantitative estimate of drug-likeness (QED) is 0.514. The van der Waals surface area contributed by atoms with Crippen molar-refractivity contribution in [1.29, 1.82) is 0 Å². The lowest BCUT2D eigenvalue weighted by Crippen LogP contribution is -2.43. The predicted molar refractivity (Wildman–Crippen MR) is 99.8 cm³/mol. The third-order valence-electron chi connectivity index (χ3n) is 3.16. The summed E-state index contributed by atoms with van der Waals surface area (Å²) in [5, 5.41) is 0. The molecule has 0 fully saturated rings. The first-order valence-electron chi connectivity index (χ1n) is 7.23. The molecular weight excluding hydrogens is 439 g/mol. The van der Waals surface area contributed by atoms with Crippen LogP contribution >= 0.6 is 22.6 Å². The molecule has 0 aromatic heterocycles. The van der Waals surface area contributed by atoms with Crippen LogP contribution in [0.15, 0.2) is 42.5 Å². The minimum Gasteiger partial charge on any atom is -0.497 e. The zero-order valence-corrected chi connectivity index (χ0v) is 15.8. The van der Waals surface area contributed by atoms with Crippen molar-refractivity contribution in [3.8, 4) is 17.2 Å². The summed E-state index contributed by atoms with van der Waals surface area (Å²) in [6.45, 7) is -0.229. The van der Waals surface area contributed by atoms with Crippen LogP contribution in [0.3, 0.4) is 0 Å². The van der Waals surface area contributed by atoms with Gasteiger partial charge in [-0.3, -0.25) is 20.4 Å². The van der Waals surface area contributed by atoms with Gasteiger partial charge < -0.3 is 14.2 Å². The van der Waals surface area contributed by atoms with Crippen molar-refractivity contribution in [2.24, 2.45) is 0 Å². The summed E-state index contributed by atoms with van der Waals surface area (Å²) in [6, 6.07) is 11.8. The van der Waals surface area contributed by atoms with Crippen LogP contribution in [-0.2, 0) is 4.79 Å². The largest absolute Gasteiger partial charge is 0.497 e. The first-order valence-corrected chi connectivity index (χ1v) is 8.31. The number of ether oxygens (including phenoxy) is 3. The molecule has 25 heavy (non-hydrogen) atoms. The van der Waals surface area contributed by atoms with Crippen molar-refractivity contribution in [3.05, 3.63) is 51.6 Å². The van der Waals surface area contributed by atoms with Gasteiger partial charge in [0, 0.05) is 5.56 Å². The van der Waals surface area contributed by atoms with Gasteiger partial charge >= 0.3 is 0 Å². The monoisotopic (exact) mass is 456 g/mol. The zero-order chi connectivity index (χ0) is 18.2. The van der Waals surface area contributed by atoms with E-state index < -0.39 is 11.8 Å². The molecule has 0 heterocycles. The van der Waals surface area contributed by atoms with Crippen LogP contribution in [0, 0.1) is 3.57 Å². The van der Waals surface area contributed by atoms with E-state index in [1.807, 2.05) is 0 Å². The number of halogens is 1. The molecule has 0 aliphatic heterocycles. The van der Waals surface area contributed by atoms with E-state index in [4.69, 9.17) is 14.2 Å². The van der Waals surface area contributed by atoms with E-state index in [0.29, 0.717) is 22.8 Å². The van der Waals surface area contributed by atoms with E-state index in [1.165, 1.54) is 0 Å². The van der Waals surface area contributed by atoms with Gasteiger partial charge in [-0.25, -0.2) is 0 Å². The summed E-state index contributed by atoms with van der Waals surface area (Å²) < 4.78 is 16.3. The lowest BCUT2D eigenvalue weighted by atomic mass is 10.2. The maximum atomic E-state index is 12.0. The Kier molecular flexibility index (Phi) is 6.87. The van der Waals surface area contributed by atoms with Gasteiger partial charge in [0.05, 0.1) is 17.8 Å². The summed E-state index contributed by atoms with van der Waals surface area (Å²) in [6.07, 6.45) is 0. The molecule has 2 aromatic rings. The highest BCUT2D eigenvalue weighted by atomic mass is 127. The molecule has 0 radical (unpaired) electrons. The Labute approximate surface area is 158 Å². The molecular formula is C17H17IN2O5. The average Bonchev–Trinajstić information content (AvgIpc) is 2.64. The highest BCUT2D eigenvalue weighted by Gasteiger charge is 2.10. The molecule has 0 aliphatic rings. The second-order valence-electron chi connectivity index (χ2n) is 4.82. The molecule has 7 nitrogen and oxygen atoms in total. The number of benzene rings is 2. The maximum absolute atomic E-state index is 12.0. The molecule has 0 aliphatic carbocycles. The van der Waals surface area contributed by atoms with Gasteiger partial charge in [0.1, 0.15) is 17.2 Å². The lowest BCUT2D eigenvalue weighted by Gasteiger charge is -2.10. The summed E-state index contributed by atoms with van der Waals surface area (Å²) in [4.78, 5) is 23.8. The van der Waals surface area contributed by atoms with E-state index in [0.717, 1.165) is 3.57 Å². The summed E-state index contributed by atoms with van der Waals surface area (Å²) >= 11 is 2.06. The number of amides is 2. The Bertz CT molecular complexity index is 749. The topological polar surface area (TPSA) is 85.9 Å². The van der Waals surface area contributed by atoms with Crippen LogP contribution in [-0.4, -0.2) is 32.6 Å². The minimum absolute atomic E-state index is 0.229. The Morgan fingerprint density at radius 1 is 0.960 bits per heavy atom. The number of carbonyl (C=O) groups excluding carboxylic acids is 2. The molecule has 0 spiro atoms. The van der Waals surface area contributed by atoms with Crippen LogP contribution in [0.4, 0.5) is 0 Å². The number of hydrazine groups is 1. The van der Waals surface area contributed by atoms with Gasteiger partial charge in [-0.05, 0) is 65.1 Å². The van der Waals surface area contributed by atoms with Crippen molar-refractivity contribution in [1.82, 2.24) is 10.9 Å². The van der Waals surface area contributed by atoms with Crippen molar-refractivity contribution in [3.63, 3.8) is 0 Å².